The minimum atomic E-state index is -0.978. The van der Waals surface area contributed by atoms with E-state index in [0.29, 0.717) is 0 Å². The molecule has 1 aliphatic rings. The van der Waals surface area contributed by atoms with E-state index in [2.05, 4.69) is 0 Å². The van der Waals surface area contributed by atoms with E-state index < -0.39 is 23.2 Å². The zero-order chi connectivity index (χ0) is 13.3. The monoisotopic (exact) mass is 259 g/mol. The molecule has 1 atom stereocenters. The zero-order valence-electron chi connectivity index (χ0n) is 9.95. The van der Waals surface area contributed by atoms with Crippen LogP contribution in [0.4, 0.5) is 8.78 Å². The van der Waals surface area contributed by atoms with Gasteiger partial charge < -0.3 is 20.3 Å². The first-order valence-corrected chi connectivity index (χ1v) is 5.54. The molecule has 6 heteroatoms. The third-order valence-corrected chi connectivity index (χ3v) is 3.36. The lowest BCUT2D eigenvalue weighted by Crippen LogP contribution is -2.58. The molecule has 3 N–H and O–H groups in total. The average molecular weight is 259 g/mol. The predicted molar refractivity (Wildman–Crippen MR) is 60.5 cm³/mol. The van der Waals surface area contributed by atoms with Gasteiger partial charge in [-0.1, -0.05) is 0 Å². The first-order valence-electron chi connectivity index (χ1n) is 5.54. The Morgan fingerprint density at radius 3 is 2.56 bits per heavy atom. The molecule has 0 spiro atoms. The molecular formula is C12H15F2NO3. The van der Waals surface area contributed by atoms with Crippen molar-refractivity contribution in [3.05, 3.63) is 29.3 Å². The van der Waals surface area contributed by atoms with E-state index >= 15 is 0 Å². The molecule has 1 heterocycles. The summed E-state index contributed by atoms with van der Waals surface area (Å²) in [5.41, 5.74) is 4.51. The molecular weight excluding hydrogens is 244 g/mol. The van der Waals surface area contributed by atoms with Gasteiger partial charge in [0.25, 0.3) is 0 Å². The maximum Gasteiger partial charge on any atom is 0.165 e. The fourth-order valence-corrected chi connectivity index (χ4v) is 2.14. The van der Waals surface area contributed by atoms with Crippen LogP contribution in [0.2, 0.25) is 0 Å². The zero-order valence-corrected chi connectivity index (χ0v) is 9.95. The summed E-state index contributed by atoms with van der Waals surface area (Å²) in [4.78, 5) is 0. The van der Waals surface area contributed by atoms with Crippen molar-refractivity contribution in [2.45, 2.75) is 11.5 Å². The Morgan fingerprint density at radius 2 is 2.11 bits per heavy atom. The van der Waals surface area contributed by atoms with Crippen LogP contribution in [0.3, 0.4) is 0 Å². The molecule has 0 saturated carbocycles. The topological polar surface area (TPSA) is 64.7 Å². The van der Waals surface area contributed by atoms with Crippen molar-refractivity contribution in [2.24, 2.45) is 5.73 Å². The SMILES string of the molecule is COc1cc(F)c(C2(C(O)CN)COC2)cc1F. The molecule has 0 aromatic heterocycles. The Labute approximate surface area is 103 Å². The molecule has 4 nitrogen and oxygen atoms in total. The van der Waals surface area contributed by atoms with Gasteiger partial charge in [-0.2, -0.15) is 0 Å². The number of ether oxygens (including phenoxy) is 2. The molecule has 1 aromatic rings. The molecule has 0 amide bonds. The molecule has 0 radical (unpaired) electrons. The second kappa shape index (κ2) is 4.79. The summed E-state index contributed by atoms with van der Waals surface area (Å²) in [5, 5.41) is 9.90. The minimum absolute atomic E-state index is 0.0452. The third-order valence-electron chi connectivity index (χ3n) is 3.36. The predicted octanol–water partition coefficient (Wildman–Crippen LogP) is 0.561. The smallest absolute Gasteiger partial charge is 0.165 e. The molecule has 18 heavy (non-hydrogen) atoms. The fourth-order valence-electron chi connectivity index (χ4n) is 2.14. The quantitative estimate of drug-likeness (QED) is 0.829. The molecule has 2 rings (SSSR count). The van der Waals surface area contributed by atoms with Crippen molar-refractivity contribution in [3.63, 3.8) is 0 Å². The first-order chi connectivity index (χ1) is 8.55. The summed E-state index contributed by atoms with van der Waals surface area (Å²) in [7, 11) is 1.26. The van der Waals surface area contributed by atoms with Crippen LogP contribution in [0.1, 0.15) is 5.56 Å². The Hall–Kier alpha value is -1.24. The Kier molecular flexibility index (Phi) is 3.52. The van der Waals surface area contributed by atoms with Crippen LogP contribution in [0.15, 0.2) is 12.1 Å². The van der Waals surface area contributed by atoms with E-state index in [4.69, 9.17) is 15.2 Å². The van der Waals surface area contributed by atoms with E-state index in [0.717, 1.165) is 12.1 Å². The van der Waals surface area contributed by atoms with Gasteiger partial charge in [0.1, 0.15) is 5.82 Å². The average Bonchev–Trinajstić information content (AvgIpc) is 2.31. The Balaban J connectivity index is 2.46. The number of methoxy groups -OCH3 is 1. The number of aliphatic hydroxyl groups excluding tert-OH is 1. The lowest BCUT2D eigenvalue weighted by Gasteiger charge is -2.45. The summed E-state index contributed by atoms with van der Waals surface area (Å²) in [5.74, 6) is -1.48. The van der Waals surface area contributed by atoms with Gasteiger partial charge in [0.15, 0.2) is 11.6 Å². The van der Waals surface area contributed by atoms with E-state index in [1.54, 1.807) is 0 Å². The highest BCUT2D eigenvalue weighted by atomic mass is 19.1. The molecule has 1 saturated heterocycles. The van der Waals surface area contributed by atoms with Crippen LogP contribution in [0.5, 0.6) is 5.75 Å². The summed E-state index contributed by atoms with van der Waals surface area (Å²) < 4.78 is 37.3. The number of benzene rings is 1. The van der Waals surface area contributed by atoms with Crippen molar-refractivity contribution < 1.29 is 23.4 Å². The largest absolute Gasteiger partial charge is 0.494 e. The lowest BCUT2D eigenvalue weighted by molar-refractivity contribution is -0.118. The highest BCUT2D eigenvalue weighted by Gasteiger charge is 2.48. The maximum atomic E-state index is 14.0. The van der Waals surface area contributed by atoms with Crippen LogP contribution in [-0.4, -0.2) is 38.1 Å². The number of aliphatic hydroxyl groups is 1. The van der Waals surface area contributed by atoms with Crippen molar-refractivity contribution in [2.75, 3.05) is 26.9 Å². The summed E-state index contributed by atoms with van der Waals surface area (Å²) in [6, 6.07) is 2.00. The van der Waals surface area contributed by atoms with Crippen molar-refractivity contribution >= 4 is 0 Å². The second-order valence-electron chi connectivity index (χ2n) is 4.37. The van der Waals surface area contributed by atoms with E-state index in [1.165, 1.54) is 7.11 Å². The molecule has 1 aromatic carbocycles. The van der Waals surface area contributed by atoms with Crippen LogP contribution >= 0.6 is 0 Å². The van der Waals surface area contributed by atoms with Crippen LogP contribution in [-0.2, 0) is 10.2 Å². The normalized spacial score (nSPS) is 19.2. The molecule has 0 aliphatic carbocycles. The van der Waals surface area contributed by atoms with Gasteiger partial charge in [0.05, 0.1) is 31.8 Å². The van der Waals surface area contributed by atoms with Crippen LogP contribution in [0, 0.1) is 11.6 Å². The van der Waals surface area contributed by atoms with Crippen molar-refractivity contribution in [3.8, 4) is 5.75 Å². The Morgan fingerprint density at radius 1 is 1.44 bits per heavy atom. The molecule has 1 aliphatic heterocycles. The highest BCUT2D eigenvalue weighted by molar-refractivity contribution is 5.38. The van der Waals surface area contributed by atoms with Crippen molar-refractivity contribution in [1.29, 1.82) is 0 Å². The summed E-state index contributed by atoms with van der Waals surface area (Å²) in [6.45, 7) is 0.193. The highest BCUT2D eigenvalue weighted by Crippen LogP contribution is 2.39. The second-order valence-corrected chi connectivity index (χ2v) is 4.37. The Bertz CT molecular complexity index is 449. The van der Waals surface area contributed by atoms with Crippen LogP contribution < -0.4 is 10.5 Å². The molecule has 1 unspecified atom stereocenters. The van der Waals surface area contributed by atoms with E-state index in [9.17, 15) is 13.9 Å². The van der Waals surface area contributed by atoms with Gasteiger partial charge in [0.2, 0.25) is 0 Å². The number of halogens is 2. The van der Waals surface area contributed by atoms with Gasteiger partial charge in [-0.25, -0.2) is 8.78 Å². The first kappa shape index (κ1) is 13.2. The van der Waals surface area contributed by atoms with Gasteiger partial charge in [-0.15, -0.1) is 0 Å². The van der Waals surface area contributed by atoms with Gasteiger partial charge >= 0.3 is 0 Å². The number of hydrogen-bond acceptors (Lipinski definition) is 4. The van der Waals surface area contributed by atoms with Crippen LogP contribution in [0.25, 0.3) is 0 Å². The third kappa shape index (κ3) is 1.86. The summed E-state index contributed by atoms with van der Waals surface area (Å²) >= 11 is 0. The lowest BCUT2D eigenvalue weighted by atomic mass is 9.73. The van der Waals surface area contributed by atoms with Gasteiger partial charge in [0, 0.05) is 18.2 Å². The maximum absolute atomic E-state index is 14.0. The fraction of sp³-hybridized carbons (Fsp3) is 0.500. The molecule has 1 fully saturated rings. The standard InChI is InChI=1S/C12H15F2NO3/c1-17-10-3-8(13)7(2-9(10)14)12(5-18-6-12)11(16)4-15/h2-3,11,16H,4-6,15H2,1H3. The van der Waals surface area contributed by atoms with Gasteiger partial charge in [-0.3, -0.25) is 0 Å². The van der Waals surface area contributed by atoms with E-state index in [1.807, 2.05) is 0 Å². The number of hydrogen-bond donors (Lipinski definition) is 2. The van der Waals surface area contributed by atoms with Crippen molar-refractivity contribution in [1.82, 2.24) is 0 Å². The molecule has 100 valence electrons. The molecule has 0 bridgehead atoms. The number of nitrogens with two attached hydrogens (primary N) is 1. The van der Waals surface area contributed by atoms with Gasteiger partial charge in [-0.05, 0) is 6.07 Å². The minimum Gasteiger partial charge on any atom is -0.494 e. The number of rotatable bonds is 4. The summed E-state index contributed by atoms with van der Waals surface area (Å²) in [6.07, 6.45) is -0.978. The van der Waals surface area contributed by atoms with E-state index in [-0.39, 0.29) is 31.1 Å².